The van der Waals surface area contributed by atoms with Gasteiger partial charge in [-0.2, -0.15) is 10.2 Å². The molecule has 0 spiro atoms. The third-order valence-corrected chi connectivity index (χ3v) is 3.42. The molecule has 0 aliphatic carbocycles. The lowest BCUT2D eigenvalue weighted by Crippen LogP contribution is -2.27. The molecular formula is C16H23N5O4. The minimum atomic E-state index is -0.842. The average molecular weight is 349 g/mol. The van der Waals surface area contributed by atoms with Gasteiger partial charge in [-0.1, -0.05) is 13.8 Å². The first kappa shape index (κ1) is 20.7. The molecule has 1 fully saturated rings. The molecule has 0 radical (unpaired) electrons. The van der Waals surface area contributed by atoms with Crippen LogP contribution in [0.4, 0.5) is 0 Å². The molecule has 136 valence electrons. The molecule has 0 amide bonds. The minimum Gasteiger partial charge on any atom is -0.394 e. The Hall–Kier alpha value is -2.38. The van der Waals surface area contributed by atoms with Crippen LogP contribution < -0.4 is 11.4 Å². The van der Waals surface area contributed by atoms with Crippen molar-refractivity contribution >= 4 is 11.0 Å². The number of aliphatic hydroxyl groups is 2. The SMILES string of the molecule is CC.CN.N#Cc1cnc2nc(=O)n(C3C[C@@H](O)C(CO)O3)cc2c1. The fraction of sp³-hybridized carbons (Fsp3) is 0.500. The number of aromatic nitrogens is 3. The molecule has 9 nitrogen and oxygen atoms in total. The van der Waals surface area contributed by atoms with E-state index in [1.54, 1.807) is 6.07 Å². The number of hydrogen-bond donors (Lipinski definition) is 3. The zero-order valence-corrected chi connectivity index (χ0v) is 14.5. The first-order valence-electron chi connectivity index (χ1n) is 7.93. The van der Waals surface area contributed by atoms with Crippen LogP contribution in [-0.2, 0) is 4.74 Å². The Morgan fingerprint density at radius 2 is 2.16 bits per heavy atom. The number of nitriles is 1. The van der Waals surface area contributed by atoms with Crippen molar-refractivity contribution in [2.24, 2.45) is 5.73 Å². The Bertz CT molecular complexity index is 786. The summed E-state index contributed by atoms with van der Waals surface area (Å²) in [5.74, 6) is 0. The van der Waals surface area contributed by atoms with Gasteiger partial charge in [0.05, 0.1) is 18.3 Å². The van der Waals surface area contributed by atoms with E-state index in [0.29, 0.717) is 10.9 Å². The smallest absolute Gasteiger partial charge is 0.351 e. The normalized spacial score (nSPS) is 21.6. The van der Waals surface area contributed by atoms with Gasteiger partial charge in [-0.15, -0.1) is 0 Å². The van der Waals surface area contributed by atoms with Gasteiger partial charge in [-0.3, -0.25) is 4.57 Å². The lowest BCUT2D eigenvalue weighted by molar-refractivity contribution is -0.0457. The summed E-state index contributed by atoms with van der Waals surface area (Å²) in [7, 11) is 1.50. The summed E-state index contributed by atoms with van der Waals surface area (Å²) >= 11 is 0. The molecule has 4 N–H and O–H groups in total. The van der Waals surface area contributed by atoms with Gasteiger partial charge < -0.3 is 20.7 Å². The summed E-state index contributed by atoms with van der Waals surface area (Å²) in [4.78, 5) is 19.8. The van der Waals surface area contributed by atoms with Crippen LogP contribution in [-0.4, -0.2) is 50.6 Å². The minimum absolute atomic E-state index is 0.184. The number of ether oxygens (including phenoxy) is 1. The van der Waals surface area contributed by atoms with Crippen molar-refractivity contribution in [3.63, 3.8) is 0 Å². The first-order valence-corrected chi connectivity index (χ1v) is 7.93. The summed E-state index contributed by atoms with van der Waals surface area (Å²) in [5, 5.41) is 28.2. The number of nitrogens with two attached hydrogens (primary N) is 1. The highest BCUT2D eigenvalue weighted by Gasteiger charge is 2.35. The lowest BCUT2D eigenvalue weighted by Gasteiger charge is -2.14. The molecule has 9 heteroatoms. The zero-order chi connectivity index (χ0) is 19.0. The maximum absolute atomic E-state index is 12.0. The van der Waals surface area contributed by atoms with E-state index in [-0.39, 0.29) is 18.7 Å². The van der Waals surface area contributed by atoms with Crippen molar-refractivity contribution in [2.75, 3.05) is 13.7 Å². The van der Waals surface area contributed by atoms with E-state index in [9.17, 15) is 9.90 Å². The van der Waals surface area contributed by atoms with Crippen LogP contribution in [0.1, 0.15) is 32.1 Å². The standard InChI is InChI=1S/C13H12N4O4.C2H6.CH5N/c14-3-7-1-8-5-17(13(20)16-12(8)15-4-7)11-2-9(19)10(6-18)21-11;2*1-2/h1,4-5,9-11,18-19H,2,6H2;1-2H3;2H2,1H3/t9-,10?,11?;;/m1../s1. The van der Waals surface area contributed by atoms with Gasteiger partial charge in [0, 0.05) is 24.2 Å². The van der Waals surface area contributed by atoms with Gasteiger partial charge in [0.1, 0.15) is 18.4 Å². The molecule has 3 heterocycles. The number of pyridine rings is 1. The number of aliphatic hydroxyl groups excluding tert-OH is 2. The van der Waals surface area contributed by atoms with Crippen molar-refractivity contribution in [3.8, 4) is 6.07 Å². The maximum atomic E-state index is 12.0. The van der Waals surface area contributed by atoms with Gasteiger partial charge in [0.15, 0.2) is 5.65 Å². The maximum Gasteiger partial charge on any atom is 0.351 e. The van der Waals surface area contributed by atoms with E-state index < -0.39 is 24.1 Å². The predicted molar refractivity (Wildman–Crippen MR) is 91.6 cm³/mol. The van der Waals surface area contributed by atoms with Gasteiger partial charge in [-0.25, -0.2) is 9.78 Å². The van der Waals surface area contributed by atoms with Gasteiger partial charge >= 0.3 is 5.69 Å². The molecule has 3 atom stereocenters. The zero-order valence-electron chi connectivity index (χ0n) is 14.5. The highest BCUT2D eigenvalue weighted by Crippen LogP contribution is 2.27. The Labute approximate surface area is 145 Å². The van der Waals surface area contributed by atoms with Crippen molar-refractivity contribution in [3.05, 3.63) is 34.5 Å². The van der Waals surface area contributed by atoms with Crippen molar-refractivity contribution in [1.29, 1.82) is 5.26 Å². The second-order valence-corrected chi connectivity index (χ2v) is 4.79. The van der Waals surface area contributed by atoms with Crippen LogP contribution in [0.25, 0.3) is 11.0 Å². The van der Waals surface area contributed by atoms with Gasteiger partial charge in [0.25, 0.3) is 0 Å². The second kappa shape index (κ2) is 9.80. The van der Waals surface area contributed by atoms with Gasteiger partial charge in [0.2, 0.25) is 0 Å². The molecule has 0 bridgehead atoms. The van der Waals surface area contributed by atoms with Crippen LogP contribution in [0.15, 0.2) is 23.3 Å². The van der Waals surface area contributed by atoms with Crippen LogP contribution in [0, 0.1) is 11.3 Å². The molecule has 1 aliphatic heterocycles. The van der Waals surface area contributed by atoms with Crippen molar-refractivity contribution in [2.45, 2.75) is 38.7 Å². The quantitative estimate of drug-likeness (QED) is 0.681. The van der Waals surface area contributed by atoms with Crippen LogP contribution in [0.5, 0.6) is 0 Å². The molecule has 25 heavy (non-hydrogen) atoms. The Balaban J connectivity index is 0.000000730. The lowest BCUT2D eigenvalue weighted by atomic mass is 10.2. The monoisotopic (exact) mass is 349 g/mol. The second-order valence-electron chi connectivity index (χ2n) is 4.79. The summed E-state index contributed by atoms with van der Waals surface area (Å²) in [6.07, 6.45) is 0.760. The molecule has 0 aromatic carbocycles. The Kier molecular flexibility index (Phi) is 8.10. The van der Waals surface area contributed by atoms with Crippen LogP contribution in [0.2, 0.25) is 0 Å². The third-order valence-electron chi connectivity index (χ3n) is 3.42. The highest BCUT2D eigenvalue weighted by molar-refractivity contribution is 5.74. The first-order chi connectivity index (χ1) is 12.1. The molecule has 3 rings (SSSR count). The summed E-state index contributed by atoms with van der Waals surface area (Å²) in [6.45, 7) is 3.67. The summed E-state index contributed by atoms with van der Waals surface area (Å²) in [6, 6.07) is 3.53. The molecule has 2 aromatic rings. The molecule has 1 aliphatic rings. The van der Waals surface area contributed by atoms with E-state index in [1.165, 1.54) is 24.0 Å². The summed E-state index contributed by atoms with van der Waals surface area (Å²) < 4.78 is 6.67. The Morgan fingerprint density at radius 1 is 1.48 bits per heavy atom. The van der Waals surface area contributed by atoms with Crippen molar-refractivity contribution in [1.82, 2.24) is 14.5 Å². The summed E-state index contributed by atoms with van der Waals surface area (Å²) in [5.41, 5.74) is 4.54. The van der Waals surface area contributed by atoms with E-state index in [0.717, 1.165) is 0 Å². The van der Waals surface area contributed by atoms with E-state index in [2.05, 4.69) is 15.7 Å². The number of fused-ring (bicyclic) bond motifs is 1. The molecule has 2 aromatic heterocycles. The third kappa shape index (κ3) is 4.58. The molecule has 0 saturated carbocycles. The van der Waals surface area contributed by atoms with E-state index in [1.807, 2.05) is 19.9 Å². The predicted octanol–water partition coefficient (Wildman–Crippen LogP) is -0.0950. The van der Waals surface area contributed by atoms with Crippen LogP contribution in [0.3, 0.4) is 0 Å². The molecule has 2 unspecified atom stereocenters. The van der Waals surface area contributed by atoms with Crippen LogP contribution >= 0.6 is 0 Å². The molecule has 1 saturated heterocycles. The number of nitrogens with zero attached hydrogens (tertiary/aromatic N) is 4. The van der Waals surface area contributed by atoms with E-state index in [4.69, 9.17) is 15.1 Å². The largest absolute Gasteiger partial charge is 0.394 e. The Morgan fingerprint density at radius 3 is 2.72 bits per heavy atom. The molecular weight excluding hydrogens is 326 g/mol. The topological polar surface area (TPSA) is 147 Å². The highest BCUT2D eigenvalue weighted by atomic mass is 16.5. The average Bonchev–Trinajstić information content (AvgIpc) is 3.04. The van der Waals surface area contributed by atoms with Gasteiger partial charge in [-0.05, 0) is 13.1 Å². The van der Waals surface area contributed by atoms with Crippen molar-refractivity contribution < 1.29 is 14.9 Å². The fourth-order valence-electron chi connectivity index (χ4n) is 2.33. The van der Waals surface area contributed by atoms with E-state index >= 15 is 0 Å². The number of hydrogen-bond acceptors (Lipinski definition) is 8. The number of rotatable bonds is 2. The fourth-order valence-corrected chi connectivity index (χ4v) is 2.33.